The number of nitrogens with zero attached hydrogens (tertiary/aromatic N) is 2. The summed E-state index contributed by atoms with van der Waals surface area (Å²) in [5.41, 5.74) is 0. The highest BCUT2D eigenvalue weighted by atomic mass is 15.2. The van der Waals surface area contributed by atoms with Crippen LogP contribution in [0, 0.1) is 5.92 Å². The van der Waals surface area contributed by atoms with Gasteiger partial charge >= 0.3 is 0 Å². The molecule has 1 aliphatic rings. The highest BCUT2D eigenvalue weighted by molar-refractivity contribution is 4.80. The molecule has 1 heterocycles. The van der Waals surface area contributed by atoms with Crippen LogP contribution in [0.1, 0.15) is 13.3 Å². The molecule has 0 aromatic carbocycles. The molecule has 11 heavy (non-hydrogen) atoms. The van der Waals surface area contributed by atoms with Crippen molar-refractivity contribution >= 4 is 0 Å². The smallest absolute Gasteiger partial charge is 0.00676 e. The average Bonchev–Trinajstić information content (AvgIpc) is 2.10. The molecule has 66 valence electrons. The van der Waals surface area contributed by atoms with Crippen molar-refractivity contribution < 1.29 is 0 Å². The predicted octanol–water partition coefficient (Wildman–Crippen LogP) is 0.888. The van der Waals surface area contributed by atoms with Crippen molar-refractivity contribution in [1.29, 1.82) is 0 Å². The standard InChI is InChI=1S/C9H20N2/c1-8-5-9(6-10(2)3)7-11(8)4/h8-9H,5-7H2,1-4H3. The van der Waals surface area contributed by atoms with Crippen LogP contribution in [0.2, 0.25) is 0 Å². The van der Waals surface area contributed by atoms with Crippen LogP contribution in [0.5, 0.6) is 0 Å². The van der Waals surface area contributed by atoms with Crippen LogP contribution in [0.3, 0.4) is 0 Å². The van der Waals surface area contributed by atoms with Gasteiger partial charge in [0.05, 0.1) is 0 Å². The topological polar surface area (TPSA) is 6.48 Å². The lowest BCUT2D eigenvalue weighted by atomic mass is 10.1. The van der Waals surface area contributed by atoms with Gasteiger partial charge in [-0.2, -0.15) is 0 Å². The summed E-state index contributed by atoms with van der Waals surface area (Å²) in [5, 5.41) is 0. The van der Waals surface area contributed by atoms with Gasteiger partial charge in [0.1, 0.15) is 0 Å². The molecule has 0 radical (unpaired) electrons. The first kappa shape index (κ1) is 9.01. The molecule has 2 unspecified atom stereocenters. The van der Waals surface area contributed by atoms with E-state index in [4.69, 9.17) is 0 Å². The summed E-state index contributed by atoms with van der Waals surface area (Å²) in [7, 11) is 6.53. The molecule has 0 amide bonds. The molecule has 0 bridgehead atoms. The van der Waals surface area contributed by atoms with Gasteiger partial charge in [0, 0.05) is 19.1 Å². The molecule has 1 rings (SSSR count). The molecule has 0 aromatic rings. The monoisotopic (exact) mass is 156 g/mol. The Balaban J connectivity index is 2.29. The zero-order valence-electron chi connectivity index (χ0n) is 8.17. The van der Waals surface area contributed by atoms with Crippen LogP contribution >= 0.6 is 0 Å². The lowest BCUT2D eigenvalue weighted by Gasteiger charge is -2.15. The summed E-state index contributed by atoms with van der Waals surface area (Å²) in [6.45, 7) is 4.84. The minimum absolute atomic E-state index is 0.792. The Labute approximate surface area is 70.2 Å². The van der Waals surface area contributed by atoms with E-state index >= 15 is 0 Å². The second-order valence-corrected chi connectivity index (χ2v) is 4.15. The van der Waals surface area contributed by atoms with Crippen LogP contribution in [-0.2, 0) is 0 Å². The third-order valence-electron chi connectivity index (χ3n) is 2.60. The van der Waals surface area contributed by atoms with Crippen molar-refractivity contribution in [2.45, 2.75) is 19.4 Å². The molecule has 0 aliphatic carbocycles. The fraction of sp³-hybridized carbons (Fsp3) is 1.00. The average molecular weight is 156 g/mol. The molecule has 0 spiro atoms. The summed E-state index contributed by atoms with van der Waals surface area (Å²) >= 11 is 0. The van der Waals surface area contributed by atoms with Crippen molar-refractivity contribution in [3.05, 3.63) is 0 Å². The summed E-state index contributed by atoms with van der Waals surface area (Å²) in [6.07, 6.45) is 1.37. The normalized spacial score (nSPS) is 33.5. The van der Waals surface area contributed by atoms with Gasteiger partial charge in [-0.25, -0.2) is 0 Å². The summed E-state index contributed by atoms with van der Waals surface area (Å²) in [6, 6.07) is 0.792. The van der Waals surface area contributed by atoms with E-state index in [0.717, 1.165) is 12.0 Å². The molecule has 1 fully saturated rings. The van der Waals surface area contributed by atoms with E-state index in [1.165, 1.54) is 19.5 Å². The van der Waals surface area contributed by atoms with Gasteiger partial charge in [-0.15, -0.1) is 0 Å². The Morgan fingerprint density at radius 3 is 2.45 bits per heavy atom. The fourth-order valence-electron chi connectivity index (χ4n) is 1.97. The molecule has 2 nitrogen and oxygen atoms in total. The Bertz CT molecular complexity index is 110. The van der Waals surface area contributed by atoms with Gasteiger partial charge in [-0.1, -0.05) is 0 Å². The predicted molar refractivity (Wildman–Crippen MR) is 48.8 cm³/mol. The first-order valence-electron chi connectivity index (χ1n) is 4.44. The number of hydrogen-bond donors (Lipinski definition) is 0. The molecule has 1 saturated heterocycles. The summed E-state index contributed by atoms with van der Waals surface area (Å²) < 4.78 is 0. The maximum absolute atomic E-state index is 2.45. The first-order valence-corrected chi connectivity index (χ1v) is 4.44. The quantitative estimate of drug-likeness (QED) is 0.586. The van der Waals surface area contributed by atoms with Crippen LogP contribution in [0.25, 0.3) is 0 Å². The largest absolute Gasteiger partial charge is 0.309 e. The van der Waals surface area contributed by atoms with Crippen molar-refractivity contribution in [3.8, 4) is 0 Å². The third kappa shape index (κ3) is 2.46. The lowest BCUT2D eigenvalue weighted by Crippen LogP contribution is -2.24. The first-order chi connectivity index (χ1) is 5.09. The summed E-state index contributed by atoms with van der Waals surface area (Å²) in [5.74, 6) is 0.894. The summed E-state index contributed by atoms with van der Waals surface area (Å²) in [4.78, 5) is 4.74. The van der Waals surface area contributed by atoms with E-state index in [9.17, 15) is 0 Å². The second-order valence-electron chi connectivity index (χ2n) is 4.15. The Morgan fingerprint density at radius 1 is 1.45 bits per heavy atom. The zero-order valence-corrected chi connectivity index (χ0v) is 8.17. The fourth-order valence-corrected chi connectivity index (χ4v) is 1.97. The zero-order chi connectivity index (χ0) is 8.43. The van der Waals surface area contributed by atoms with E-state index in [0.29, 0.717) is 0 Å². The molecular weight excluding hydrogens is 136 g/mol. The van der Waals surface area contributed by atoms with Crippen LogP contribution in [-0.4, -0.2) is 50.1 Å². The molecule has 1 aliphatic heterocycles. The third-order valence-corrected chi connectivity index (χ3v) is 2.60. The maximum Gasteiger partial charge on any atom is 0.00676 e. The molecule has 0 aromatic heterocycles. The number of rotatable bonds is 2. The number of likely N-dealkylation sites (tertiary alicyclic amines) is 1. The van der Waals surface area contributed by atoms with Crippen molar-refractivity contribution in [3.63, 3.8) is 0 Å². The minimum Gasteiger partial charge on any atom is -0.309 e. The molecular formula is C9H20N2. The number of hydrogen-bond acceptors (Lipinski definition) is 2. The molecule has 2 heteroatoms. The van der Waals surface area contributed by atoms with Gasteiger partial charge in [-0.05, 0) is 40.4 Å². The van der Waals surface area contributed by atoms with E-state index < -0.39 is 0 Å². The van der Waals surface area contributed by atoms with Gasteiger partial charge < -0.3 is 9.80 Å². The maximum atomic E-state index is 2.45. The van der Waals surface area contributed by atoms with E-state index in [2.05, 4.69) is 37.9 Å². The minimum atomic E-state index is 0.792. The Hall–Kier alpha value is -0.0800. The molecule has 2 atom stereocenters. The van der Waals surface area contributed by atoms with Crippen molar-refractivity contribution in [2.75, 3.05) is 34.2 Å². The highest BCUT2D eigenvalue weighted by Crippen LogP contribution is 2.20. The lowest BCUT2D eigenvalue weighted by molar-refractivity contribution is 0.303. The van der Waals surface area contributed by atoms with Crippen LogP contribution in [0.4, 0.5) is 0 Å². The van der Waals surface area contributed by atoms with Gasteiger partial charge in [0.15, 0.2) is 0 Å². The van der Waals surface area contributed by atoms with Gasteiger partial charge in [0.25, 0.3) is 0 Å². The van der Waals surface area contributed by atoms with E-state index in [-0.39, 0.29) is 0 Å². The van der Waals surface area contributed by atoms with E-state index in [1.54, 1.807) is 0 Å². The Kier molecular flexibility index (Phi) is 2.90. The second kappa shape index (κ2) is 3.55. The van der Waals surface area contributed by atoms with Crippen LogP contribution < -0.4 is 0 Å². The van der Waals surface area contributed by atoms with Crippen LogP contribution in [0.15, 0.2) is 0 Å². The van der Waals surface area contributed by atoms with Crippen molar-refractivity contribution in [2.24, 2.45) is 5.92 Å². The van der Waals surface area contributed by atoms with Gasteiger partial charge in [0.2, 0.25) is 0 Å². The SMILES string of the molecule is CC1CC(CN(C)C)CN1C. The molecule has 0 N–H and O–H groups in total. The van der Waals surface area contributed by atoms with E-state index in [1.807, 2.05) is 0 Å². The Morgan fingerprint density at radius 2 is 2.09 bits per heavy atom. The molecule has 0 saturated carbocycles. The van der Waals surface area contributed by atoms with Crippen molar-refractivity contribution in [1.82, 2.24) is 9.80 Å². The van der Waals surface area contributed by atoms with Gasteiger partial charge in [-0.3, -0.25) is 0 Å². The highest BCUT2D eigenvalue weighted by Gasteiger charge is 2.25.